The van der Waals surface area contributed by atoms with Crippen LogP contribution in [0.5, 0.6) is 0 Å². The van der Waals surface area contributed by atoms with Gasteiger partial charge in [-0.25, -0.2) is 4.98 Å². The third-order valence-corrected chi connectivity index (χ3v) is 3.07. The van der Waals surface area contributed by atoms with Crippen molar-refractivity contribution in [3.8, 4) is 0 Å². The first-order valence-corrected chi connectivity index (χ1v) is 7.25. The van der Waals surface area contributed by atoms with Crippen LogP contribution in [0.3, 0.4) is 0 Å². The van der Waals surface area contributed by atoms with Crippen molar-refractivity contribution >= 4 is 17.7 Å². The van der Waals surface area contributed by atoms with Gasteiger partial charge in [0.2, 0.25) is 11.9 Å². The summed E-state index contributed by atoms with van der Waals surface area (Å²) in [6, 6.07) is 1.92. The van der Waals surface area contributed by atoms with Gasteiger partial charge in [-0.1, -0.05) is 6.92 Å². The van der Waals surface area contributed by atoms with E-state index >= 15 is 0 Å². The normalized spacial score (nSPS) is 15.6. The quantitative estimate of drug-likeness (QED) is 0.707. The molecule has 2 rings (SSSR count). The van der Waals surface area contributed by atoms with Crippen LogP contribution in [-0.2, 0) is 4.79 Å². The molecule has 1 atom stereocenters. The molecule has 1 unspecified atom stereocenters. The molecule has 110 valence electrons. The van der Waals surface area contributed by atoms with Crippen LogP contribution in [0.25, 0.3) is 0 Å². The fraction of sp³-hybridized carbons (Fsp3) is 0.643. The van der Waals surface area contributed by atoms with Crippen LogP contribution < -0.4 is 16.0 Å². The Hall–Kier alpha value is -1.85. The highest BCUT2D eigenvalue weighted by molar-refractivity contribution is 5.84. The summed E-state index contributed by atoms with van der Waals surface area (Å²) in [5.74, 6) is 1.30. The minimum atomic E-state index is -0.302. The molecule has 1 fully saturated rings. The van der Waals surface area contributed by atoms with Crippen LogP contribution in [0.2, 0.25) is 0 Å². The zero-order chi connectivity index (χ0) is 14.5. The zero-order valence-corrected chi connectivity index (χ0v) is 12.4. The van der Waals surface area contributed by atoms with E-state index in [2.05, 4.69) is 32.8 Å². The highest BCUT2D eigenvalue weighted by Crippen LogP contribution is 2.19. The van der Waals surface area contributed by atoms with Gasteiger partial charge in [-0.2, -0.15) is 4.98 Å². The van der Waals surface area contributed by atoms with E-state index in [1.807, 2.05) is 19.9 Å². The predicted molar refractivity (Wildman–Crippen MR) is 79.8 cm³/mol. The van der Waals surface area contributed by atoms with Gasteiger partial charge in [0.15, 0.2) is 0 Å². The summed E-state index contributed by atoms with van der Waals surface area (Å²) < 4.78 is 0. The van der Waals surface area contributed by atoms with E-state index in [4.69, 9.17) is 0 Å². The van der Waals surface area contributed by atoms with Crippen LogP contribution in [-0.4, -0.2) is 34.5 Å². The van der Waals surface area contributed by atoms with Crippen LogP contribution in [0, 0.1) is 6.92 Å². The maximum Gasteiger partial charge on any atom is 0.242 e. The molecule has 20 heavy (non-hydrogen) atoms. The maximum atomic E-state index is 11.9. The van der Waals surface area contributed by atoms with Gasteiger partial charge in [0, 0.05) is 24.3 Å². The van der Waals surface area contributed by atoms with Gasteiger partial charge in [-0.3, -0.25) is 4.79 Å². The number of hydrogen-bond donors (Lipinski definition) is 3. The number of aromatic nitrogens is 2. The van der Waals surface area contributed by atoms with Gasteiger partial charge >= 0.3 is 0 Å². The molecular formula is C14H23N5O. The number of carbonyl (C=O) groups excluding carboxylic acids is 1. The Balaban J connectivity index is 1.96. The van der Waals surface area contributed by atoms with Crippen molar-refractivity contribution < 1.29 is 4.79 Å². The predicted octanol–water partition coefficient (Wildman–Crippen LogP) is 1.69. The number of nitrogens with one attached hydrogen (secondary N) is 3. The average Bonchev–Trinajstić information content (AvgIpc) is 3.19. The summed E-state index contributed by atoms with van der Waals surface area (Å²) in [6.45, 7) is 6.68. The number of rotatable bonds is 7. The number of carbonyl (C=O) groups is 1. The standard InChI is InChI=1S/C14H23N5O/c1-4-7-15-14-16-9(2)8-12(19-14)17-10(3)13(20)18-11-5-6-11/h8,10-11H,4-7H2,1-3H3,(H,18,20)(H2,15,16,17,19). The third-order valence-electron chi connectivity index (χ3n) is 3.07. The first-order chi connectivity index (χ1) is 9.58. The lowest BCUT2D eigenvalue weighted by molar-refractivity contribution is -0.121. The molecule has 0 aromatic carbocycles. The van der Waals surface area contributed by atoms with E-state index in [1.165, 1.54) is 0 Å². The van der Waals surface area contributed by atoms with E-state index in [1.54, 1.807) is 0 Å². The Kier molecular flexibility index (Phi) is 4.76. The second kappa shape index (κ2) is 6.54. The molecule has 0 bridgehead atoms. The SMILES string of the molecule is CCCNc1nc(C)cc(NC(C)C(=O)NC2CC2)n1. The van der Waals surface area contributed by atoms with Crippen molar-refractivity contribution in [1.29, 1.82) is 0 Å². The van der Waals surface area contributed by atoms with Gasteiger partial charge in [0.05, 0.1) is 0 Å². The average molecular weight is 277 g/mol. The van der Waals surface area contributed by atoms with E-state index in [9.17, 15) is 4.79 Å². The molecule has 1 aliphatic rings. The summed E-state index contributed by atoms with van der Waals surface area (Å²) in [5, 5.41) is 9.26. The van der Waals surface area contributed by atoms with Gasteiger partial charge in [-0.15, -0.1) is 0 Å². The van der Waals surface area contributed by atoms with Crippen LogP contribution in [0.15, 0.2) is 6.07 Å². The van der Waals surface area contributed by atoms with Gasteiger partial charge in [0.25, 0.3) is 0 Å². The Morgan fingerprint density at radius 3 is 2.85 bits per heavy atom. The number of hydrogen-bond acceptors (Lipinski definition) is 5. The molecule has 6 heteroatoms. The molecule has 0 radical (unpaired) electrons. The summed E-state index contributed by atoms with van der Waals surface area (Å²) in [6.07, 6.45) is 3.20. The molecular weight excluding hydrogens is 254 g/mol. The lowest BCUT2D eigenvalue weighted by Gasteiger charge is -2.15. The Morgan fingerprint density at radius 2 is 2.20 bits per heavy atom. The molecule has 3 N–H and O–H groups in total. The zero-order valence-electron chi connectivity index (χ0n) is 12.4. The van der Waals surface area contributed by atoms with Crippen molar-refractivity contribution in [2.24, 2.45) is 0 Å². The summed E-state index contributed by atoms with van der Waals surface area (Å²) in [4.78, 5) is 20.6. The Morgan fingerprint density at radius 1 is 1.45 bits per heavy atom. The number of nitrogens with zero attached hydrogens (tertiary/aromatic N) is 2. The lowest BCUT2D eigenvalue weighted by atomic mass is 10.3. The van der Waals surface area contributed by atoms with Crippen molar-refractivity contribution in [1.82, 2.24) is 15.3 Å². The van der Waals surface area contributed by atoms with Crippen LogP contribution >= 0.6 is 0 Å². The molecule has 1 amide bonds. The summed E-state index contributed by atoms with van der Waals surface area (Å²) in [7, 11) is 0. The minimum Gasteiger partial charge on any atom is -0.358 e. The molecule has 0 aliphatic heterocycles. The molecule has 1 heterocycles. The van der Waals surface area contributed by atoms with E-state index in [0.29, 0.717) is 17.8 Å². The van der Waals surface area contributed by atoms with Gasteiger partial charge in [-0.05, 0) is 33.1 Å². The molecule has 0 saturated heterocycles. The van der Waals surface area contributed by atoms with Crippen LogP contribution in [0.4, 0.5) is 11.8 Å². The van der Waals surface area contributed by atoms with Crippen LogP contribution in [0.1, 0.15) is 38.8 Å². The van der Waals surface area contributed by atoms with E-state index in [0.717, 1.165) is 31.5 Å². The summed E-state index contributed by atoms with van der Waals surface area (Å²) >= 11 is 0. The third kappa shape index (κ3) is 4.36. The van der Waals surface area contributed by atoms with Gasteiger partial charge in [0.1, 0.15) is 11.9 Å². The molecule has 1 aromatic heterocycles. The van der Waals surface area contributed by atoms with Gasteiger partial charge < -0.3 is 16.0 Å². The molecule has 1 aromatic rings. The second-order valence-electron chi connectivity index (χ2n) is 5.29. The molecule has 6 nitrogen and oxygen atoms in total. The largest absolute Gasteiger partial charge is 0.358 e. The first-order valence-electron chi connectivity index (χ1n) is 7.25. The number of amides is 1. The number of anilines is 2. The van der Waals surface area contributed by atoms with Crippen molar-refractivity contribution in [3.05, 3.63) is 11.8 Å². The molecule has 0 spiro atoms. The number of aryl methyl sites for hydroxylation is 1. The van der Waals surface area contributed by atoms with E-state index < -0.39 is 0 Å². The molecule has 1 saturated carbocycles. The fourth-order valence-electron chi connectivity index (χ4n) is 1.80. The maximum absolute atomic E-state index is 11.9. The van der Waals surface area contributed by atoms with Crippen molar-refractivity contribution in [2.45, 2.75) is 52.1 Å². The van der Waals surface area contributed by atoms with Crippen molar-refractivity contribution in [2.75, 3.05) is 17.2 Å². The first kappa shape index (κ1) is 14.6. The highest BCUT2D eigenvalue weighted by Gasteiger charge is 2.25. The van der Waals surface area contributed by atoms with Crippen molar-refractivity contribution in [3.63, 3.8) is 0 Å². The topological polar surface area (TPSA) is 78.9 Å². The summed E-state index contributed by atoms with van der Waals surface area (Å²) in [5.41, 5.74) is 0.871. The second-order valence-corrected chi connectivity index (χ2v) is 5.29. The smallest absolute Gasteiger partial charge is 0.242 e. The fourth-order valence-corrected chi connectivity index (χ4v) is 1.80. The Labute approximate surface area is 119 Å². The Bertz CT molecular complexity index is 473. The minimum absolute atomic E-state index is 0.0202. The lowest BCUT2D eigenvalue weighted by Crippen LogP contribution is -2.38. The monoisotopic (exact) mass is 277 g/mol. The highest BCUT2D eigenvalue weighted by atomic mass is 16.2. The molecule has 1 aliphatic carbocycles. The van der Waals surface area contributed by atoms with E-state index in [-0.39, 0.29) is 11.9 Å².